The zero-order valence-electron chi connectivity index (χ0n) is 18.3. The average Bonchev–Trinajstić information content (AvgIpc) is 2.79. The number of primary sulfonamides is 1. The van der Waals surface area contributed by atoms with Gasteiger partial charge in [0.15, 0.2) is 0 Å². The molecule has 0 aliphatic carbocycles. The molecule has 0 fully saturated rings. The molecule has 12 heteroatoms. The predicted octanol–water partition coefficient (Wildman–Crippen LogP) is 4.41. The maximum Gasteiger partial charge on any atom is 0.255 e. The second-order valence-corrected chi connectivity index (χ2v) is 9.35. The molecule has 3 rings (SSSR count). The van der Waals surface area contributed by atoms with Crippen LogP contribution in [0.15, 0.2) is 59.5 Å². The van der Waals surface area contributed by atoms with Crippen molar-refractivity contribution in [2.45, 2.75) is 17.9 Å². The molecule has 186 valence electrons. The van der Waals surface area contributed by atoms with Gasteiger partial charge in [0.1, 0.15) is 16.5 Å². The molecule has 0 aliphatic rings. The van der Waals surface area contributed by atoms with Crippen LogP contribution in [0.1, 0.15) is 15.9 Å². The molecule has 0 heterocycles. The van der Waals surface area contributed by atoms with Gasteiger partial charge in [0.2, 0.25) is 10.0 Å². The monoisotopic (exact) mass is 527 g/mol. The molecule has 0 aromatic heterocycles. The molecule has 0 spiro atoms. The van der Waals surface area contributed by atoms with E-state index in [0.717, 1.165) is 0 Å². The van der Waals surface area contributed by atoms with Gasteiger partial charge in [0.05, 0.1) is 13.7 Å². The van der Waals surface area contributed by atoms with Gasteiger partial charge in [-0.2, -0.15) is 0 Å². The van der Waals surface area contributed by atoms with E-state index in [4.69, 9.17) is 21.5 Å². The summed E-state index contributed by atoms with van der Waals surface area (Å²) in [5.74, 6) is -1.21. The van der Waals surface area contributed by atoms with Crippen LogP contribution < -0.4 is 20.5 Å². The summed E-state index contributed by atoms with van der Waals surface area (Å²) in [6.45, 7) is -0.659. The van der Waals surface area contributed by atoms with Gasteiger partial charge in [-0.25, -0.2) is 26.7 Å². The summed E-state index contributed by atoms with van der Waals surface area (Å²) in [7, 11) is -2.79. The Balaban J connectivity index is 1.94. The Morgan fingerprint density at radius 2 is 1.83 bits per heavy atom. The summed E-state index contributed by atoms with van der Waals surface area (Å²) in [5, 5.41) is 10.6. The largest absolute Gasteiger partial charge is 0.495 e. The van der Waals surface area contributed by atoms with Gasteiger partial charge in [-0.1, -0.05) is 17.7 Å². The predicted molar refractivity (Wildman–Crippen MR) is 127 cm³/mol. The molecule has 35 heavy (non-hydrogen) atoms. The number of hydrogen-bond acceptors (Lipinski definition) is 5. The number of nitrogens with two attached hydrogens (primary N) is 1. The highest BCUT2D eigenvalue weighted by atomic mass is 35.5. The van der Waals surface area contributed by atoms with Gasteiger partial charge < -0.3 is 15.4 Å². The van der Waals surface area contributed by atoms with Crippen LogP contribution in [-0.2, 0) is 16.6 Å². The molecule has 3 aromatic rings. The lowest BCUT2D eigenvalue weighted by molar-refractivity contribution is 0.102. The number of methoxy groups -OCH3 is 1. The van der Waals surface area contributed by atoms with E-state index in [9.17, 15) is 26.4 Å². The Kier molecular flexibility index (Phi) is 8.39. The van der Waals surface area contributed by atoms with E-state index in [2.05, 4.69) is 10.6 Å². The first kappa shape index (κ1) is 26.5. The van der Waals surface area contributed by atoms with Crippen molar-refractivity contribution in [1.82, 2.24) is 5.32 Å². The summed E-state index contributed by atoms with van der Waals surface area (Å²) in [4.78, 5) is 12.6. The van der Waals surface area contributed by atoms with E-state index < -0.39 is 34.7 Å². The average molecular weight is 528 g/mol. The number of halogens is 4. The maximum atomic E-state index is 14.5. The lowest BCUT2D eigenvalue weighted by Crippen LogP contribution is -2.21. The molecule has 0 unspecified atom stereocenters. The molecular weight excluding hydrogens is 507 g/mol. The Morgan fingerprint density at radius 3 is 2.49 bits per heavy atom. The molecule has 0 radical (unpaired) electrons. The van der Waals surface area contributed by atoms with Gasteiger partial charge >= 0.3 is 0 Å². The van der Waals surface area contributed by atoms with E-state index in [-0.39, 0.29) is 39.0 Å². The lowest BCUT2D eigenvalue weighted by Gasteiger charge is -2.15. The highest BCUT2D eigenvalue weighted by Gasteiger charge is 2.18. The Hall–Kier alpha value is -3.12. The van der Waals surface area contributed by atoms with Crippen molar-refractivity contribution < 1.29 is 31.1 Å². The molecule has 4 N–H and O–H groups in total. The minimum Gasteiger partial charge on any atom is -0.495 e. The van der Waals surface area contributed by atoms with E-state index in [1.807, 2.05) is 0 Å². The van der Waals surface area contributed by atoms with Crippen molar-refractivity contribution in [3.05, 3.63) is 76.6 Å². The minimum atomic E-state index is -4.04. The van der Waals surface area contributed by atoms with Gasteiger partial charge in [0, 0.05) is 34.4 Å². The number of amides is 1. The number of benzene rings is 3. The van der Waals surface area contributed by atoms with E-state index >= 15 is 0 Å². The van der Waals surface area contributed by atoms with Gasteiger partial charge in [-0.05, 0) is 53.6 Å². The van der Waals surface area contributed by atoms with Crippen LogP contribution in [-0.4, -0.2) is 34.4 Å². The van der Waals surface area contributed by atoms with E-state index in [0.29, 0.717) is 11.1 Å². The lowest BCUT2D eigenvalue weighted by atomic mass is 9.96. The van der Waals surface area contributed by atoms with Crippen LogP contribution in [0.25, 0.3) is 11.1 Å². The topological polar surface area (TPSA) is 111 Å². The van der Waals surface area contributed by atoms with Crippen molar-refractivity contribution in [2.24, 2.45) is 5.14 Å². The fourth-order valence-electron chi connectivity index (χ4n) is 3.35. The van der Waals surface area contributed by atoms with Crippen LogP contribution in [0.2, 0.25) is 5.02 Å². The third-order valence-corrected chi connectivity index (χ3v) is 6.11. The quantitative estimate of drug-likeness (QED) is 0.382. The summed E-state index contributed by atoms with van der Waals surface area (Å²) in [6, 6.07) is 12.2. The normalized spacial score (nSPS) is 11.5. The highest BCUT2D eigenvalue weighted by molar-refractivity contribution is 7.89. The highest BCUT2D eigenvalue weighted by Crippen LogP contribution is 2.31. The zero-order valence-corrected chi connectivity index (χ0v) is 19.9. The number of rotatable bonds is 9. The Bertz CT molecular complexity index is 1350. The molecule has 7 nitrogen and oxygen atoms in total. The fraction of sp³-hybridized carbons (Fsp3) is 0.174. The fourth-order valence-corrected chi connectivity index (χ4v) is 4.20. The standard InChI is InChI=1S/C23H21ClF3N3O4S/c1-34-20-10-16(4-7-21(20)35(28,32)33)30-23(31)13-2-5-17(14(8-13)11-29-12-22(26)27)18-9-15(24)3-6-19(18)25/h2-10,22,29H,11-12H2,1H3,(H,30,31)(H2,28,32,33). The van der Waals surface area contributed by atoms with Gasteiger partial charge in [-0.3, -0.25) is 4.79 Å². The Labute approximate surface area is 205 Å². The summed E-state index contributed by atoms with van der Waals surface area (Å²) < 4.78 is 68.1. The van der Waals surface area contributed by atoms with Crippen LogP contribution >= 0.6 is 11.6 Å². The van der Waals surface area contributed by atoms with Crippen LogP contribution in [0.4, 0.5) is 18.9 Å². The number of carbonyl (C=O) groups is 1. The SMILES string of the molecule is COc1cc(NC(=O)c2ccc(-c3cc(Cl)ccc3F)c(CNCC(F)F)c2)ccc1S(N)(=O)=O. The zero-order chi connectivity index (χ0) is 25.8. The molecule has 0 saturated heterocycles. The van der Waals surface area contributed by atoms with E-state index in [1.165, 1.54) is 61.7 Å². The number of sulfonamides is 1. The van der Waals surface area contributed by atoms with Crippen molar-refractivity contribution in [3.63, 3.8) is 0 Å². The smallest absolute Gasteiger partial charge is 0.255 e. The van der Waals surface area contributed by atoms with Gasteiger partial charge in [0.25, 0.3) is 12.3 Å². The molecule has 0 atom stereocenters. The van der Waals surface area contributed by atoms with E-state index in [1.54, 1.807) is 0 Å². The number of alkyl halides is 2. The number of carbonyl (C=O) groups excluding carboxylic acids is 1. The second kappa shape index (κ2) is 11.1. The minimum absolute atomic E-state index is 0.0611. The molecule has 1 amide bonds. The first-order chi connectivity index (χ1) is 16.5. The molecule has 0 aliphatic heterocycles. The first-order valence-electron chi connectivity index (χ1n) is 10.1. The molecular formula is C23H21ClF3N3O4S. The molecule has 0 saturated carbocycles. The van der Waals surface area contributed by atoms with Crippen molar-refractivity contribution in [3.8, 4) is 16.9 Å². The molecule has 3 aromatic carbocycles. The van der Waals surface area contributed by atoms with Crippen LogP contribution in [0, 0.1) is 5.82 Å². The first-order valence-corrected chi connectivity index (χ1v) is 12.0. The molecule has 0 bridgehead atoms. The van der Waals surface area contributed by atoms with Crippen molar-refractivity contribution in [2.75, 3.05) is 19.0 Å². The number of nitrogens with one attached hydrogen (secondary N) is 2. The summed E-state index contributed by atoms with van der Waals surface area (Å²) >= 11 is 6.00. The van der Waals surface area contributed by atoms with Crippen LogP contribution in [0.3, 0.4) is 0 Å². The summed E-state index contributed by atoms with van der Waals surface area (Å²) in [5.41, 5.74) is 1.30. The number of ether oxygens (including phenoxy) is 1. The number of hydrogen-bond donors (Lipinski definition) is 3. The number of anilines is 1. The van der Waals surface area contributed by atoms with Crippen molar-refractivity contribution >= 4 is 33.2 Å². The summed E-state index contributed by atoms with van der Waals surface area (Å²) in [6.07, 6.45) is -2.59. The maximum absolute atomic E-state index is 14.5. The van der Waals surface area contributed by atoms with Gasteiger partial charge in [-0.15, -0.1) is 0 Å². The Morgan fingerprint density at radius 1 is 1.09 bits per heavy atom. The van der Waals surface area contributed by atoms with Crippen molar-refractivity contribution in [1.29, 1.82) is 0 Å². The second-order valence-electron chi connectivity index (χ2n) is 7.38. The third-order valence-electron chi connectivity index (χ3n) is 4.93. The van der Waals surface area contributed by atoms with Crippen LogP contribution in [0.5, 0.6) is 5.75 Å². The third kappa shape index (κ3) is 6.73.